The van der Waals surface area contributed by atoms with Gasteiger partial charge in [-0.3, -0.25) is 4.90 Å². The van der Waals surface area contributed by atoms with Crippen molar-refractivity contribution in [1.82, 2.24) is 5.32 Å². The largest absolute Gasteiger partial charge is 0.393 e. The van der Waals surface area contributed by atoms with Gasteiger partial charge in [-0.05, 0) is 47.7 Å². The molecule has 1 aliphatic rings. The molecule has 5 heteroatoms. The van der Waals surface area contributed by atoms with Gasteiger partial charge in [0, 0.05) is 30.7 Å². The highest BCUT2D eigenvalue weighted by molar-refractivity contribution is 6.30. The van der Waals surface area contributed by atoms with Crippen LogP contribution in [0.1, 0.15) is 23.1 Å². The number of carbonyl (C=O) groups excluding carboxylic acids is 1. The molecule has 1 unspecified atom stereocenters. The van der Waals surface area contributed by atoms with Crippen LogP contribution in [0.15, 0.2) is 42.5 Å². The number of halogens is 1. The maximum atomic E-state index is 12.5. The molecule has 2 amide bonds. The second-order valence-electron chi connectivity index (χ2n) is 6.16. The van der Waals surface area contributed by atoms with Gasteiger partial charge in [-0.25, -0.2) is 4.79 Å². The first-order chi connectivity index (χ1) is 11.5. The second-order valence-corrected chi connectivity index (χ2v) is 6.60. The molecule has 2 aromatic carbocycles. The molecule has 1 aliphatic carbocycles. The lowest BCUT2D eigenvalue weighted by atomic mass is 9.88. The number of urea groups is 1. The van der Waals surface area contributed by atoms with Gasteiger partial charge in [0.2, 0.25) is 0 Å². The number of amides is 2. The van der Waals surface area contributed by atoms with Crippen molar-refractivity contribution in [3.8, 4) is 0 Å². The number of nitrogens with zero attached hydrogens (tertiary/aromatic N) is 1. The first-order valence-corrected chi connectivity index (χ1v) is 8.47. The van der Waals surface area contributed by atoms with E-state index in [0.29, 0.717) is 18.0 Å². The predicted molar refractivity (Wildman–Crippen MR) is 96.6 cm³/mol. The number of rotatable bonds is 3. The number of anilines is 1. The van der Waals surface area contributed by atoms with Crippen molar-refractivity contribution in [2.24, 2.45) is 0 Å². The smallest absolute Gasteiger partial charge is 0.321 e. The van der Waals surface area contributed by atoms with Crippen LogP contribution in [-0.4, -0.2) is 24.3 Å². The van der Waals surface area contributed by atoms with E-state index in [1.165, 1.54) is 5.56 Å². The van der Waals surface area contributed by atoms with Gasteiger partial charge in [-0.1, -0.05) is 35.9 Å². The Bertz CT molecular complexity index is 748. The van der Waals surface area contributed by atoms with Gasteiger partial charge in [-0.15, -0.1) is 0 Å². The van der Waals surface area contributed by atoms with Gasteiger partial charge in [0.1, 0.15) is 0 Å². The number of hydrogen-bond donors (Lipinski definition) is 2. The lowest BCUT2D eigenvalue weighted by molar-refractivity contribution is 0.158. The number of benzene rings is 2. The van der Waals surface area contributed by atoms with E-state index < -0.39 is 0 Å². The topological polar surface area (TPSA) is 52.6 Å². The average molecular weight is 345 g/mol. The lowest BCUT2D eigenvalue weighted by Crippen LogP contribution is -2.38. The maximum absolute atomic E-state index is 12.5. The minimum absolute atomic E-state index is 0.177. The zero-order valence-electron chi connectivity index (χ0n) is 13.6. The van der Waals surface area contributed by atoms with Gasteiger partial charge in [0.05, 0.1) is 6.10 Å². The third kappa shape index (κ3) is 3.71. The monoisotopic (exact) mass is 344 g/mol. The average Bonchev–Trinajstić information content (AvgIpc) is 2.58. The van der Waals surface area contributed by atoms with E-state index in [0.717, 1.165) is 29.7 Å². The van der Waals surface area contributed by atoms with Gasteiger partial charge in [-0.2, -0.15) is 0 Å². The molecule has 0 aromatic heterocycles. The quantitative estimate of drug-likeness (QED) is 0.894. The predicted octanol–water partition coefficient (Wildman–Crippen LogP) is 3.54. The number of nitrogens with one attached hydrogen (secondary N) is 1. The van der Waals surface area contributed by atoms with Crippen LogP contribution in [0.4, 0.5) is 10.5 Å². The summed E-state index contributed by atoms with van der Waals surface area (Å²) >= 11 is 5.96. The first-order valence-electron chi connectivity index (χ1n) is 8.09. The molecule has 0 aliphatic heterocycles. The first kappa shape index (κ1) is 16.8. The zero-order valence-corrected chi connectivity index (χ0v) is 14.4. The van der Waals surface area contributed by atoms with Crippen LogP contribution in [0.2, 0.25) is 5.02 Å². The van der Waals surface area contributed by atoms with Crippen molar-refractivity contribution in [3.05, 3.63) is 64.2 Å². The summed E-state index contributed by atoms with van der Waals surface area (Å²) < 4.78 is 0. The van der Waals surface area contributed by atoms with E-state index >= 15 is 0 Å². The van der Waals surface area contributed by atoms with Crippen molar-refractivity contribution < 1.29 is 9.90 Å². The summed E-state index contributed by atoms with van der Waals surface area (Å²) in [6.45, 7) is 0.418. The van der Waals surface area contributed by atoms with Gasteiger partial charge in [0.15, 0.2) is 0 Å². The normalized spacial score (nSPS) is 16.4. The summed E-state index contributed by atoms with van der Waals surface area (Å²) in [5.41, 5.74) is 4.09. The highest BCUT2D eigenvalue weighted by Gasteiger charge is 2.22. The van der Waals surface area contributed by atoms with E-state index in [1.54, 1.807) is 18.0 Å². The summed E-state index contributed by atoms with van der Waals surface area (Å²) in [7, 11) is 1.75. The maximum Gasteiger partial charge on any atom is 0.321 e. The van der Waals surface area contributed by atoms with E-state index in [-0.39, 0.29) is 12.1 Å². The zero-order chi connectivity index (χ0) is 17.1. The Morgan fingerprint density at radius 2 is 2.12 bits per heavy atom. The number of carbonyl (C=O) groups is 1. The summed E-state index contributed by atoms with van der Waals surface area (Å²) in [5.74, 6) is 0. The molecule has 126 valence electrons. The van der Waals surface area contributed by atoms with Crippen molar-refractivity contribution in [1.29, 1.82) is 0 Å². The van der Waals surface area contributed by atoms with Crippen molar-refractivity contribution in [2.75, 3.05) is 11.9 Å². The summed E-state index contributed by atoms with van der Waals surface area (Å²) in [6.07, 6.45) is 1.89. The Morgan fingerprint density at radius 3 is 2.92 bits per heavy atom. The van der Waals surface area contributed by atoms with Crippen LogP contribution >= 0.6 is 11.6 Å². The highest BCUT2D eigenvalue weighted by Crippen LogP contribution is 2.30. The van der Waals surface area contributed by atoms with E-state index in [4.69, 9.17) is 11.6 Å². The third-order valence-electron chi connectivity index (χ3n) is 4.43. The Balaban J connectivity index is 1.72. The van der Waals surface area contributed by atoms with Crippen LogP contribution < -0.4 is 10.2 Å². The van der Waals surface area contributed by atoms with Gasteiger partial charge in [0.25, 0.3) is 0 Å². The molecule has 2 N–H and O–H groups in total. The number of fused-ring (bicyclic) bond motifs is 1. The molecular weight excluding hydrogens is 324 g/mol. The molecule has 4 nitrogen and oxygen atoms in total. The molecular formula is C19H21ClN2O2. The van der Waals surface area contributed by atoms with Crippen LogP contribution in [0.5, 0.6) is 0 Å². The fourth-order valence-corrected chi connectivity index (χ4v) is 3.33. The Hall–Kier alpha value is -2.04. The second kappa shape index (κ2) is 7.24. The van der Waals surface area contributed by atoms with Gasteiger partial charge >= 0.3 is 6.03 Å². The van der Waals surface area contributed by atoms with Crippen LogP contribution in [-0.2, 0) is 19.4 Å². The summed E-state index contributed by atoms with van der Waals surface area (Å²) in [4.78, 5) is 14.1. The molecule has 0 radical (unpaired) electrons. The van der Waals surface area contributed by atoms with Crippen LogP contribution in [0.3, 0.4) is 0 Å². The molecule has 2 aromatic rings. The van der Waals surface area contributed by atoms with E-state index in [9.17, 15) is 9.90 Å². The van der Waals surface area contributed by atoms with Crippen LogP contribution in [0.25, 0.3) is 0 Å². The molecule has 3 rings (SSSR count). The van der Waals surface area contributed by atoms with Crippen molar-refractivity contribution in [3.63, 3.8) is 0 Å². The number of aliphatic hydroxyl groups is 1. The number of aryl methyl sites for hydroxylation is 1. The minimum Gasteiger partial charge on any atom is -0.393 e. The van der Waals surface area contributed by atoms with Crippen molar-refractivity contribution in [2.45, 2.75) is 31.9 Å². The molecule has 0 saturated carbocycles. The summed E-state index contributed by atoms with van der Waals surface area (Å²) in [6, 6.07) is 13.2. The highest BCUT2D eigenvalue weighted by atomic mass is 35.5. The Kier molecular flexibility index (Phi) is 5.07. The SMILES string of the molecule is CN(C(=O)NCc1cccc(Cl)c1)c1cccc2c1CC(O)CC2. The standard InChI is InChI=1S/C19H21ClN2O2/c1-22(19(24)21-12-13-4-2-6-15(20)10-13)18-7-3-5-14-8-9-16(23)11-17(14)18/h2-7,10,16,23H,8-9,11-12H2,1H3,(H,21,24). The minimum atomic E-state index is -0.332. The van der Waals surface area contributed by atoms with Crippen LogP contribution in [0, 0.1) is 0 Å². The van der Waals surface area contributed by atoms with E-state index in [1.807, 2.05) is 30.3 Å². The Morgan fingerprint density at radius 1 is 1.33 bits per heavy atom. The molecule has 24 heavy (non-hydrogen) atoms. The van der Waals surface area contributed by atoms with E-state index in [2.05, 4.69) is 11.4 Å². The number of hydrogen-bond acceptors (Lipinski definition) is 2. The summed E-state index contributed by atoms with van der Waals surface area (Å²) in [5, 5.41) is 13.5. The van der Waals surface area contributed by atoms with Crippen molar-refractivity contribution >= 4 is 23.3 Å². The number of aliphatic hydroxyl groups excluding tert-OH is 1. The van der Waals surface area contributed by atoms with Gasteiger partial charge < -0.3 is 10.4 Å². The Labute approximate surface area is 147 Å². The molecule has 1 atom stereocenters. The third-order valence-corrected chi connectivity index (χ3v) is 4.67. The molecule has 0 spiro atoms. The molecule has 0 fully saturated rings. The lowest BCUT2D eigenvalue weighted by Gasteiger charge is -2.27. The molecule has 0 saturated heterocycles. The molecule has 0 bridgehead atoms. The fraction of sp³-hybridized carbons (Fsp3) is 0.316. The fourth-order valence-electron chi connectivity index (χ4n) is 3.12. The molecule has 0 heterocycles.